The van der Waals surface area contributed by atoms with E-state index in [1.165, 1.54) is 6.33 Å². The molecule has 0 aliphatic carbocycles. The normalized spacial score (nSPS) is 12.5. The van der Waals surface area contributed by atoms with Crippen molar-refractivity contribution in [1.29, 1.82) is 0 Å². The zero-order valence-corrected chi connectivity index (χ0v) is 8.03. The molecule has 0 aliphatic heterocycles. The molecule has 0 spiro atoms. The first kappa shape index (κ1) is 9.92. The molecule has 0 amide bonds. The molecule has 1 rings (SSSR count). The Balaban J connectivity index is 2.32. The molecule has 1 heterocycles. The third-order valence-corrected chi connectivity index (χ3v) is 1.73. The summed E-state index contributed by atoms with van der Waals surface area (Å²) in [7, 11) is 1.71. The third kappa shape index (κ3) is 3.85. The monoisotopic (exact) mass is 181 g/mol. The van der Waals surface area contributed by atoms with Gasteiger partial charge < -0.3 is 10.1 Å². The number of nitrogens with zero attached hydrogens (tertiary/aromatic N) is 2. The minimum atomic E-state index is 0.370. The van der Waals surface area contributed by atoms with Crippen molar-refractivity contribution in [2.45, 2.75) is 19.4 Å². The lowest BCUT2D eigenvalue weighted by molar-refractivity contribution is 0.191. The van der Waals surface area contributed by atoms with E-state index in [4.69, 9.17) is 4.74 Å². The molecule has 1 unspecified atom stereocenters. The summed E-state index contributed by atoms with van der Waals surface area (Å²) in [6, 6.07) is 2.22. The van der Waals surface area contributed by atoms with Gasteiger partial charge in [-0.05, 0) is 19.4 Å². The van der Waals surface area contributed by atoms with Gasteiger partial charge in [0.25, 0.3) is 0 Å². The highest BCUT2D eigenvalue weighted by Crippen LogP contribution is 2.03. The van der Waals surface area contributed by atoms with E-state index in [0.717, 1.165) is 18.8 Å². The van der Waals surface area contributed by atoms with Crippen LogP contribution < -0.4 is 5.32 Å². The lowest BCUT2D eigenvalue weighted by Gasteiger charge is -2.12. The van der Waals surface area contributed by atoms with Crippen LogP contribution in [0.4, 0.5) is 5.82 Å². The van der Waals surface area contributed by atoms with E-state index in [9.17, 15) is 0 Å². The Morgan fingerprint density at radius 3 is 3.08 bits per heavy atom. The largest absolute Gasteiger partial charge is 0.385 e. The van der Waals surface area contributed by atoms with Crippen LogP contribution >= 0.6 is 0 Å². The highest BCUT2D eigenvalue weighted by Gasteiger charge is 2.01. The van der Waals surface area contributed by atoms with Gasteiger partial charge >= 0.3 is 0 Å². The van der Waals surface area contributed by atoms with E-state index in [1.807, 2.05) is 6.07 Å². The molecule has 0 aliphatic rings. The number of aromatic nitrogens is 2. The molecule has 0 saturated carbocycles. The van der Waals surface area contributed by atoms with Crippen LogP contribution in [0.2, 0.25) is 0 Å². The van der Waals surface area contributed by atoms with Crippen LogP contribution in [0.25, 0.3) is 0 Å². The van der Waals surface area contributed by atoms with Crippen molar-refractivity contribution in [2.24, 2.45) is 0 Å². The van der Waals surface area contributed by atoms with Crippen LogP contribution in [0.3, 0.4) is 0 Å². The molecule has 4 nitrogen and oxygen atoms in total. The van der Waals surface area contributed by atoms with Crippen LogP contribution in [0.15, 0.2) is 18.6 Å². The Labute approximate surface area is 78.4 Å². The van der Waals surface area contributed by atoms with E-state index in [2.05, 4.69) is 22.2 Å². The van der Waals surface area contributed by atoms with Gasteiger partial charge in [0.1, 0.15) is 12.1 Å². The number of hydrogen-bond donors (Lipinski definition) is 1. The van der Waals surface area contributed by atoms with E-state index in [1.54, 1.807) is 13.3 Å². The van der Waals surface area contributed by atoms with Crippen LogP contribution in [-0.2, 0) is 4.74 Å². The van der Waals surface area contributed by atoms with E-state index in [0.29, 0.717) is 6.04 Å². The first-order valence-corrected chi connectivity index (χ1v) is 4.34. The van der Waals surface area contributed by atoms with Gasteiger partial charge in [0, 0.05) is 26.0 Å². The van der Waals surface area contributed by atoms with Crippen LogP contribution in [-0.4, -0.2) is 29.7 Å². The van der Waals surface area contributed by atoms with Crippen molar-refractivity contribution in [1.82, 2.24) is 9.97 Å². The average Bonchev–Trinajstić information content (AvgIpc) is 2.16. The molecule has 0 saturated heterocycles. The molecule has 1 aromatic heterocycles. The van der Waals surface area contributed by atoms with Crippen molar-refractivity contribution in [3.63, 3.8) is 0 Å². The van der Waals surface area contributed by atoms with Gasteiger partial charge in [0.05, 0.1) is 0 Å². The van der Waals surface area contributed by atoms with Crippen LogP contribution in [0, 0.1) is 0 Å². The standard InChI is InChI=1S/C9H15N3O/c1-8(4-6-13-2)12-9-3-5-10-7-11-9/h3,5,7-8H,4,6H2,1-2H3,(H,10,11,12). The van der Waals surface area contributed by atoms with E-state index >= 15 is 0 Å². The van der Waals surface area contributed by atoms with Crippen molar-refractivity contribution < 1.29 is 4.74 Å². The topological polar surface area (TPSA) is 47.0 Å². The first-order valence-electron chi connectivity index (χ1n) is 4.34. The molecule has 1 N–H and O–H groups in total. The number of rotatable bonds is 5. The summed E-state index contributed by atoms with van der Waals surface area (Å²) in [4.78, 5) is 7.90. The fraction of sp³-hybridized carbons (Fsp3) is 0.556. The number of hydrogen-bond acceptors (Lipinski definition) is 4. The van der Waals surface area contributed by atoms with Gasteiger partial charge in [-0.1, -0.05) is 0 Å². The van der Waals surface area contributed by atoms with Crippen molar-refractivity contribution >= 4 is 5.82 Å². The van der Waals surface area contributed by atoms with Gasteiger partial charge in [-0.2, -0.15) is 0 Å². The molecule has 0 fully saturated rings. The SMILES string of the molecule is COCCC(C)Nc1ccncn1. The zero-order valence-electron chi connectivity index (χ0n) is 8.03. The summed E-state index contributed by atoms with van der Waals surface area (Å²) in [5.74, 6) is 0.860. The summed E-state index contributed by atoms with van der Waals surface area (Å²) in [5, 5.41) is 3.25. The molecular formula is C9H15N3O. The lowest BCUT2D eigenvalue weighted by atomic mass is 10.2. The summed E-state index contributed by atoms with van der Waals surface area (Å²) in [5.41, 5.74) is 0. The number of methoxy groups -OCH3 is 1. The Morgan fingerprint density at radius 2 is 2.46 bits per heavy atom. The van der Waals surface area contributed by atoms with Gasteiger partial charge in [-0.3, -0.25) is 0 Å². The maximum atomic E-state index is 4.98. The molecule has 72 valence electrons. The van der Waals surface area contributed by atoms with E-state index < -0.39 is 0 Å². The quantitative estimate of drug-likeness (QED) is 0.744. The van der Waals surface area contributed by atoms with Gasteiger partial charge in [0.2, 0.25) is 0 Å². The van der Waals surface area contributed by atoms with Crippen LogP contribution in [0.1, 0.15) is 13.3 Å². The minimum absolute atomic E-state index is 0.370. The van der Waals surface area contributed by atoms with Crippen molar-refractivity contribution in [3.05, 3.63) is 18.6 Å². The predicted octanol–water partition coefficient (Wildman–Crippen LogP) is 1.31. The fourth-order valence-electron chi connectivity index (χ4n) is 0.995. The van der Waals surface area contributed by atoms with Gasteiger partial charge in [-0.15, -0.1) is 0 Å². The second kappa shape index (κ2) is 5.48. The molecule has 4 heteroatoms. The van der Waals surface area contributed by atoms with Crippen molar-refractivity contribution in [3.8, 4) is 0 Å². The molecule has 0 radical (unpaired) electrons. The van der Waals surface area contributed by atoms with Crippen LogP contribution in [0.5, 0.6) is 0 Å². The average molecular weight is 181 g/mol. The Bertz CT molecular complexity index is 228. The Kier molecular flexibility index (Phi) is 4.18. The third-order valence-electron chi connectivity index (χ3n) is 1.73. The summed E-state index contributed by atoms with van der Waals surface area (Å²) < 4.78 is 4.98. The highest BCUT2D eigenvalue weighted by molar-refractivity contribution is 5.32. The molecule has 1 aromatic rings. The Hall–Kier alpha value is -1.16. The fourth-order valence-corrected chi connectivity index (χ4v) is 0.995. The zero-order chi connectivity index (χ0) is 9.52. The summed E-state index contributed by atoms with van der Waals surface area (Å²) in [6.07, 6.45) is 4.23. The molecule has 1 atom stereocenters. The predicted molar refractivity (Wildman–Crippen MR) is 51.6 cm³/mol. The molecular weight excluding hydrogens is 166 g/mol. The summed E-state index contributed by atoms with van der Waals surface area (Å²) in [6.45, 7) is 2.86. The summed E-state index contributed by atoms with van der Waals surface area (Å²) >= 11 is 0. The van der Waals surface area contributed by atoms with Gasteiger partial charge in [0.15, 0.2) is 0 Å². The highest BCUT2D eigenvalue weighted by atomic mass is 16.5. The maximum absolute atomic E-state index is 4.98. The Morgan fingerprint density at radius 1 is 1.62 bits per heavy atom. The number of nitrogens with one attached hydrogen (secondary N) is 1. The maximum Gasteiger partial charge on any atom is 0.129 e. The smallest absolute Gasteiger partial charge is 0.129 e. The molecule has 0 bridgehead atoms. The first-order chi connectivity index (χ1) is 6.33. The van der Waals surface area contributed by atoms with E-state index in [-0.39, 0.29) is 0 Å². The second-order valence-corrected chi connectivity index (χ2v) is 2.92. The van der Waals surface area contributed by atoms with Gasteiger partial charge in [-0.25, -0.2) is 9.97 Å². The number of anilines is 1. The molecule has 0 aromatic carbocycles. The number of ether oxygens (including phenoxy) is 1. The van der Waals surface area contributed by atoms with Crippen molar-refractivity contribution in [2.75, 3.05) is 19.0 Å². The minimum Gasteiger partial charge on any atom is -0.385 e. The lowest BCUT2D eigenvalue weighted by Crippen LogP contribution is -2.17. The second-order valence-electron chi connectivity index (χ2n) is 2.92. The molecule has 13 heavy (non-hydrogen) atoms.